The largest absolute Gasteiger partial charge is 0.487 e. The first kappa shape index (κ1) is 44.0. The van der Waals surface area contributed by atoms with E-state index < -0.39 is 29.7 Å². The molecule has 5 amide bonds. The molecule has 6 heterocycles. The minimum Gasteiger partial charge on any atom is -0.487 e. The second-order valence-electron chi connectivity index (χ2n) is 18.3. The molecule has 1 unspecified atom stereocenters. The van der Waals surface area contributed by atoms with Crippen molar-refractivity contribution in [2.24, 2.45) is 5.92 Å². The molecule has 0 spiro atoms. The number of ether oxygens (including phenoxy) is 1. The average Bonchev–Trinajstić information content (AvgIpc) is 3.56. The van der Waals surface area contributed by atoms with Gasteiger partial charge in [-0.05, 0) is 111 Å². The summed E-state index contributed by atoms with van der Waals surface area (Å²) in [4.78, 5) is 86.7. The van der Waals surface area contributed by atoms with Crippen LogP contribution in [-0.4, -0.2) is 119 Å². The molecule has 0 radical (unpaired) electrons. The molecule has 0 bridgehead atoms. The van der Waals surface area contributed by atoms with Gasteiger partial charge in [-0.15, -0.1) is 0 Å². The Balaban J connectivity index is 0.711. The molecular weight excluding hydrogens is 846 g/mol. The fourth-order valence-electron chi connectivity index (χ4n) is 9.96. The highest BCUT2D eigenvalue weighted by Crippen LogP contribution is 2.37. The second-order valence-corrected chi connectivity index (χ2v) is 18.7. The van der Waals surface area contributed by atoms with Crippen molar-refractivity contribution in [1.82, 2.24) is 30.0 Å². The molecule has 1 atom stereocenters. The van der Waals surface area contributed by atoms with Crippen LogP contribution in [0.2, 0.25) is 5.02 Å². The van der Waals surface area contributed by atoms with Gasteiger partial charge in [0.05, 0.1) is 29.9 Å². The minimum atomic E-state index is -0.976. The Labute approximate surface area is 383 Å². The number of piperidine rings is 3. The predicted molar refractivity (Wildman–Crippen MR) is 244 cm³/mol. The van der Waals surface area contributed by atoms with Gasteiger partial charge in [-0.3, -0.25) is 44.0 Å². The summed E-state index contributed by atoms with van der Waals surface area (Å²) in [5, 5.41) is 2.79. The molecule has 1 N–H and O–H groups in total. The number of hydrogen-bond donors (Lipinski definition) is 1. The molecule has 1 aromatic heterocycles. The zero-order chi connectivity index (χ0) is 45.4. The van der Waals surface area contributed by atoms with Crippen LogP contribution in [-0.2, 0) is 26.4 Å². The monoisotopic (exact) mass is 897 g/mol. The van der Waals surface area contributed by atoms with Gasteiger partial charge in [0.15, 0.2) is 5.69 Å². The Bertz CT molecular complexity index is 2560. The third kappa shape index (κ3) is 9.20. The summed E-state index contributed by atoms with van der Waals surface area (Å²) in [6.07, 6.45) is 5.95. The zero-order valence-corrected chi connectivity index (χ0v) is 37.4. The van der Waals surface area contributed by atoms with Gasteiger partial charge < -0.3 is 14.5 Å². The molecule has 0 aliphatic carbocycles. The summed E-state index contributed by atoms with van der Waals surface area (Å²) in [6.45, 7) is 18.1. The maximum absolute atomic E-state index is 13.5. The van der Waals surface area contributed by atoms with Crippen LogP contribution >= 0.6 is 11.6 Å². The average molecular weight is 898 g/mol. The number of fused-ring (bicyclic) bond motifs is 1. The molecule has 15 nitrogen and oxygen atoms in total. The second kappa shape index (κ2) is 18.3. The number of carbonyl (C=O) groups excluding carboxylic acids is 5. The highest BCUT2D eigenvalue weighted by Gasteiger charge is 2.45. The number of nitrogens with zero attached hydrogens (tertiary/aromatic N) is 8. The third-order valence-corrected chi connectivity index (χ3v) is 14.1. The molecule has 3 aromatic carbocycles. The van der Waals surface area contributed by atoms with Gasteiger partial charge >= 0.3 is 0 Å². The Hall–Kier alpha value is -6.21. The number of aromatic nitrogens is 2. The number of nitrogens with one attached hydrogen (secondary N) is 1. The predicted octanol–water partition coefficient (Wildman–Crippen LogP) is 6.02. The smallest absolute Gasteiger partial charge is 0.262 e. The van der Waals surface area contributed by atoms with Crippen molar-refractivity contribution in [1.29, 1.82) is 0 Å². The van der Waals surface area contributed by atoms with Crippen LogP contribution in [0.3, 0.4) is 0 Å². The number of hydrogen-bond acceptors (Lipinski definition) is 11. The van der Waals surface area contributed by atoms with Crippen molar-refractivity contribution >= 4 is 58.5 Å². The van der Waals surface area contributed by atoms with E-state index in [0.717, 1.165) is 86.7 Å². The van der Waals surface area contributed by atoms with Gasteiger partial charge in [-0.1, -0.05) is 43.6 Å². The van der Waals surface area contributed by atoms with Crippen LogP contribution in [0.4, 0.5) is 17.3 Å². The lowest BCUT2D eigenvalue weighted by Gasteiger charge is -2.43. The van der Waals surface area contributed by atoms with Crippen molar-refractivity contribution < 1.29 is 28.7 Å². The van der Waals surface area contributed by atoms with Gasteiger partial charge in [0.25, 0.3) is 11.8 Å². The number of amides is 5. The number of benzene rings is 3. The summed E-state index contributed by atoms with van der Waals surface area (Å²) < 4.78 is 6.10. The number of piperazine rings is 1. The standard InChI is InChI=1S/C49H52ClN9O6/c1-49(2,33-24-34(50)26-36(25-33)51-3)32-4-7-39(8-5-32)65-30-35-12-17-52-48(53-35)58-23-22-57(29-44(58)61)37-15-18-55(19-16-37)28-31-13-20-56(21-14-31)38-6-9-40-41(27-38)47(64)59(46(40)63)42-10-11-43(60)54-45(42)62/h4-9,12,17,24-27,31,37,42H,10-11,13-16,18-23,28-30H2,1-2H3,(H,54,60,62). The lowest BCUT2D eigenvalue weighted by atomic mass is 9.78. The van der Waals surface area contributed by atoms with Crippen molar-refractivity contribution in [3.05, 3.63) is 117 Å². The highest BCUT2D eigenvalue weighted by molar-refractivity contribution is 6.31. The van der Waals surface area contributed by atoms with Crippen molar-refractivity contribution in [3.63, 3.8) is 0 Å². The Morgan fingerprint density at radius 2 is 1.58 bits per heavy atom. The summed E-state index contributed by atoms with van der Waals surface area (Å²) in [6, 6.07) is 19.8. The van der Waals surface area contributed by atoms with E-state index in [2.05, 4.69) is 43.7 Å². The number of anilines is 2. The first-order chi connectivity index (χ1) is 31.3. The van der Waals surface area contributed by atoms with E-state index in [0.29, 0.717) is 64.3 Å². The first-order valence-corrected chi connectivity index (χ1v) is 22.8. The Morgan fingerprint density at radius 3 is 2.31 bits per heavy atom. The maximum atomic E-state index is 13.5. The summed E-state index contributed by atoms with van der Waals surface area (Å²) >= 11 is 6.31. The fourth-order valence-corrected chi connectivity index (χ4v) is 10.2. The number of carbonyl (C=O) groups is 5. The Morgan fingerprint density at radius 1 is 0.831 bits per heavy atom. The van der Waals surface area contributed by atoms with E-state index in [4.69, 9.17) is 27.9 Å². The van der Waals surface area contributed by atoms with E-state index in [-0.39, 0.29) is 30.8 Å². The summed E-state index contributed by atoms with van der Waals surface area (Å²) in [5.41, 5.74) is 4.33. The number of halogens is 1. The fraction of sp³-hybridized carbons (Fsp3) is 0.429. The van der Waals surface area contributed by atoms with Crippen LogP contribution in [0.5, 0.6) is 5.75 Å². The van der Waals surface area contributed by atoms with Crippen molar-refractivity contribution in [2.45, 2.75) is 76.5 Å². The maximum Gasteiger partial charge on any atom is 0.262 e. The van der Waals surface area contributed by atoms with Gasteiger partial charge in [0.1, 0.15) is 18.4 Å². The number of rotatable bonds is 11. The molecule has 5 aliphatic heterocycles. The van der Waals surface area contributed by atoms with Crippen LogP contribution in [0.1, 0.15) is 89.9 Å². The van der Waals surface area contributed by atoms with Gasteiger partial charge in [-0.25, -0.2) is 14.8 Å². The van der Waals surface area contributed by atoms with E-state index in [1.807, 2.05) is 42.5 Å². The lowest BCUT2D eigenvalue weighted by Crippen LogP contribution is -2.56. The molecule has 336 valence electrons. The van der Waals surface area contributed by atoms with Gasteiger partial charge in [0, 0.05) is 67.5 Å². The van der Waals surface area contributed by atoms with Crippen LogP contribution in [0.25, 0.3) is 4.85 Å². The minimum absolute atomic E-state index is 0.00379. The topological polar surface area (TPSA) is 153 Å². The van der Waals surface area contributed by atoms with Crippen LogP contribution in [0, 0.1) is 12.5 Å². The molecule has 4 aromatic rings. The molecule has 0 saturated carbocycles. The third-order valence-electron chi connectivity index (χ3n) is 13.9. The van der Waals surface area contributed by atoms with Gasteiger partial charge in [0.2, 0.25) is 23.7 Å². The lowest BCUT2D eigenvalue weighted by molar-refractivity contribution is -0.136. The van der Waals surface area contributed by atoms with E-state index in [9.17, 15) is 24.0 Å². The molecule has 4 fully saturated rings. The normalized spacial score (nSPS) is 20.6. The van der Waals surface area contributed by atoms with Crippen molar-refractivity contribution in [2.75, 3.05) is 62.2 Å². The first-order valence-electron chi connectivity index (χ1n) is 22.5. The van der Waals surface area contributed by atoms with Crippen LogP contribution < -0.4 is 19.9 Å². The molecule has 65 heavy (non-hydrogen) atoms. The number of likely N-dealkylation sites (tertiary alicyclic amines) is 1. The SMILES string of the molecule is [C-]#[N+]c1cc(Cl)cc(C(C)(C)c2ccc(OCc3ccnc(N4CCN(C5CCN(CC6CCN(c7ccc8c(c7)C(=O)N(C7CCC(=O)NC7=O)C8=O)CC6)CC5)CC4=O)n3)cc2)c1. The molecule has 4 saturated heterocycles. The van der Waals surface area contributed by atoms with E-state index in [1.54, 1.807) is 35.4 Å². The molecule has 9 rings (SSSR count). The molecule has 16 heteroatoms. The zero-order valence-electron chi connectivity index (χ0n) is 36.7. The summed E-state index contributed by atoms with van der Waals surface area (Å²) in [5.74, 6) is -0.348. The van der Waals surface area contributed by atoms with E-state index >= 15 is 0 Å². The molecule has 5 aliphatic rings. The van der Waals surface area contributed by atoms with Crippen LogP contribution in [0.15, 0.2) is 72.9 Å². The van der Waals surface area contributed by atoms with Gasteiger partial charge in [-0.2, -0.15) is 0 Å². The summed E-state index contributed by atoms with van der Waals surface area (Å²) in [7, 11) is 0. The van der Waals surface area contributed by atoms with E-state index in [1.165, 1.54) is 0 Å². The number of imide groups is 2. The molecular formula is C49H52ClN9O6. The Kier molecular flexibility index (Phi) is 12.4. The quantitative estimate of drug-likeness (QED) is 0.139. The van der Waals surface area contributed by atoms with Crippen molar-refractivity contribution in [3.8, 4) is 5.75 Å². The highest BCUT2D eigenvalue weighted by atomic mass is 35.5.